The maximum Gasteiger partial charge on any atom is 0.278 e. The molecule has 0 N–H and O–H groups in total. The van der Waals surface area contributed by atoms with Gasteiger partial charge in [0.2, 0.25) is 0 Å². The molecule has 0 aliphatic heterocycles. The van der Waals surface area contributed by atoms with Gasteiger partial charge in [-0.1, -0.05) is 76.0 Å². The Labute approximate surface area is 213 Å². The van der Waals surface area contributed by atoms with Crippen molar-refractivity contribution in [2.24, 2.45) is 0 Å². The Balaban J connectivity index is 1.95. The highest BCUT2D eigenvalue weighted by atomic mass is 35.5. The van der Waals surface area contributed by atoms with E-state index in [1.807, 2.05) is 30.3 Å². The minimum atomic E-state index is -4.20. The van der Waals surface area contributed by atoms with Crippen molar-refractivity contribution >= 4 is 33.2 Å². The van der Waals surface area contributed by atoms with Gasteiger partial charge < -0.3 is 4.74 Å². The Morgan fingerprint density at radius 2 is 1.57 bits per heavy atom. The fraction of sp³-hybridized carbons (Fsp3) is 0.321. The van der Waals surface area contributed by atoms with Crippen molar-refractivity contribution in [3.63, 3.8) is 0 Å². The third kappa shape index (κ3) is 6.65. The molecule has 0 saturated carbocycles. The quantitative estimate of drug-likeness (QED) is 0.316. The summed E-state index contributed by atoms with van der Waals surface area (Å²) in [4.78, 5) is 13.4. The van der Waals surface area contributed by atoms with Crippen LogP contribution < -0.4 is 9.04 Å². The topological polar surface area (TPSA) is 63.7 Å². The largest absolute Gasteiger partial charge is 0.483 e. The summed E-state index contributed by atoms with van der Waals surface area (Å²) in [7, 11) is -4.20. The predicted octanol–water partition coefficient (Wildman–Crippen LogP) is 6.78. The van der Waals surface area contributed by atoms with Gasteiger partial charge in [-0.3, -0.25) is 4.79 Å². The number of carbonyl (C=O) groups is 1. The molecule has 0 fully saturated rings. The number of nitrogens with zero attached hydrogens (tertiary/aromatic N) is 1. The second-order valence-corrected chi connectivity index (χ2v) is 11.6. The van der Waals surface area contributed by atoms with E-state index in [0.717, 1.165) is 34.7 Å². The highest BCUT2D eigenvalue weighted by molar-refractivity contribution is 7.93. The Kier molecular flexibility index (Phi) is 8.62. The summed E-state index contributed by atoms with van der Waals surface area (Å²) in [5.74, 6) is -0.142. The van der Waals surface area contributed by atoms with Crippen molar-refractivity contribution in [1.82, 2.24) is 0 Å². The summed E-state index contributed by atoms with van der Waals surface area (Å²) in [6, 6.07) is 20.3. The van der Waals surface area contributed by atoms with Gasteiger partial charge >= 0.3 is 0 Å². The zero-order valence-electron chi connectivity index (χ0n) is 20.6. The van der Waals surface area contributed by atoms with Crippen molar-refractivity contribution in [3.8, 4) is 5.75 Å². The molecule has 0 radical (unpaired) electrons. The van der Waals surface area contributed by atoms with E-state index < -0.39 is 22.5 Å². The third-order valence-corrected chi connectivity index (χ3v) is 7.63. The normalized spacial score (nSPS) is 11.8. The van der Waals surface area contributed by atoms with Gasteiger partial charge in [-0.15, -0.1) is 0 Å². The van der Waals surface area contributed by atoms with E-state index in [4.69, 9.17) is 16.3 Å². The van der Waals surface area contributed by atoms with Gasteiger partial charge in [0.25, 0.3) is 15.9 Å². The number of amides is 1. The van der Waals surface area contributed by atoms with E-state index in [-0.39, 0.29) is 16.0 Å². The lowest BCUT2D eigenvalue weighted by molar-refractivity contribution is -0.119. The van der Waals surface area contributed by atoms with Crippen molar-refractivity contribution in [2.75, 3.05) is 10.9 Å². The summed E-state index contributed by atoms with van der Waals surface area (Å²) in [6.07, 6.45) is 2.98. The Morgan fingerprint density at radius 1 is 0.943 bits per heavy atom. The molecule has 7 heteroatoms. The number of carbonyl (C=O) groups excluding carboxylic acids is 1. The monoisotopic (exact) mass is 513 g/mol. The van der Waals surface area contributed by atoms with Gasteiger partial charge in [-0.2, -0.15) is 4.31 Å². The summed E-state index contributed by atoms with van der Waals surface area (Å²) < 4.78 is 33.9. The maximum atomic E-state index is 13.6. The number of ether oxygens (including phenoxy) is 1. The zero-order chi connectivity index (χ0) is 25.6. The minimum absolute atomic E-state index is 0.0274. The summed E-state index contributed by atoms with van der Waals surface area (Å²) in [5, 5.41) is 0.407. The first kappa shape index (κ1) is 26.8. The SMILES string of the molecule is CCCCc1ccc(N(C(=O)COc2ccccc2C(C)(C)C)S(=O)(=O)c2ccc(Cl)cc2)cc1. The van der Waals surface area contributed by atoms with Crippen LogP contribution in [0.15, 0.2) is 77.7 Å². The van der Waals surface area contributed by atoms with E-state index >= 15 is 0 Å². The molecule has 0 bridgehead atoms. The van der Waals surface area contributed by atoms with E-state index in [2.05, 4.69) is 27.7 Å². The van der Waals surface area contributed by atoms with Crippen LogP contribution in [0.5, 0.6) is 5.75 Å². The van der Waals surface area contributed by atoms with E-state index in [0.29, 0.717) is 10.8 Å². The number of rotatable bonds is 9. The van der Waals surface area contributed by atoms with Gasteiger partial charge in [0.15, 0.2) is 6.61 Å². The molecule has 186 valence electrons. The smallest absolute Gasteiger partial charge is 0.278 e. The first-order chi connectivity index (χ1) is 16.5. The van der Waals surface area contributed by atoms with Gasteiger partial charge in [-0.05, 0) is 71.8 Å². The predicted molar refractivity (Wildman–Crippen MR) is 142 cm³/mol. The molecule has 0 heterocycles. The average molecular weight is 514 g/mol. The second kappa shape index (κ2) is 11.3. The Morgan fingerprint density at radius 3 is 2.17 bits per heavy atom. The number of para-hydroxylation sites is 1. The molecule has 35 heavy (non-hydrogen) atoms. The number of sulfonamides is 1. The van der Waals surface area contributed by atoms with Crippen LogP contribution in [0.2, 0.25) is 5.02 Å². The molecule has 3 aromatic rings. The highest BCUT2D eigenvalue weighted by Gasteiger charge is 2.32. The molecule has 0 saturated heterocycles. The number of anilines is 1. The molecule has 0 aliphatic rings. The molecule has 3 rings (SSSR count). The Bertz CT molecular complexity index is 1250. The van der Waals surface area contributed by atoms with Gasteiger partial charge in [-0.25, -0.2) is 8.42 Å². The van der Waals surface area contributed by atoms with Crippen LogP contribution in [-0.2, 0) is 26.7 Å². The highest BCUT2D eigenvalue weighted by Crippen LogP contribution is 2.31. The number of aryl methyl sites for hydroxylation is 1. The Hall–Kier alpha value is -2.83. The lowest BCUT2D eigenvalue weighted by atomic mass is 9.86. The van der Waals surface area contributed by atoms with Crippen LogP contribution >= 0.6 is 11.6 Å². The van der Waals surface area contributed by atoms with E-state index in [1.54, 1.807) is 18.2 Å². The standard InChI is InChI=1S/C28H32ClNO4S/c1-5-6-9-21-12-16-23(17-13-21)30(35(32,33)24-18-14-22(29)15-19-24)27(31)20-34-26-11-8-7-10-25(26)28(2,3)4/h7-8,10-19H,5-6,9,20H2,1-4H3. The lowest BCUT2D eigenvalue weighted by Crippen LogP contribution is -2.40. The molecular weight excluding hydrogens is 482 g/mol. The van der Waals surface area contributed by atoms with Gasteiger partial charge in [0.05, 0.1) is 10.6 Å². The molecule has 0 aliphatic carbocycles. The number of halogens is 1. The van der Waals surface area contributed by atoms with Gasteiger partial charge in [0.1, 0.15) is 5.75 Å². The first-order valence-electron chi connectivity index (χ1n) is 11.7. The molecule has 5 nitrogen and oxygen atoms in total. The fourth-order valence-corrected chi connectivity index (χ4v) is 5.25. The number of unbranched alkanes of at least 4 members (excludes halogenated alkanes) is 1. The minimum Gasteiger partial charge on any atom is -0.483 e. The van der Waals surface area contributed by atoms with Crippen molar-refractivity contribution in [2.45, 2.75) is 57.3 Å². The zero-order valence-corrected chi connectivity index (χ0v) is 22.2. The molecular formula is C28H32ClNO4S. The summed E-state index contributed by atoms with van der Waals surface area (Å²) in [6.45, 7) is 7.83. The molecule has 0 aromatic heterocycles. The van der Waals surface area contributed by atoms with E-state index in [1.165, 1.54) is 24.3 Å². The van der Waals surface area contributed by atoms with Crippen LogP contribution in [0.1, 0.15) is 51.7 Å². The lowest BCUT2D eigenvalue weighted by Gasteiger charge is -2.25. The first-order valence-corrected chi connectivity index (χ1v) is 13.5. The van der Waals surface area contributed by atoms with E-state index in [9.17, 15) is 13.2 Å². The van der Waals surface area contributed by atoms with Crippen LogP contribution in [0.25, 0.3) is 0 Å². The third-order valence-electron chi connectivity index (χ3n) is 5.61. The van der Waals surface area contributed by atoms with Crippen LogP contribution in [-0.4, -0.2) is 20.9 Å². The molecule has 0 unspecified atom stereocenters. The van der Waals surface area contributed by atoms with Crippen molar-refractivity contribution in [1.29, 1.82) is 0 Å². The summed E-state index contributed by atoms with van der Waals surface area (Å²) >= 11 is 5.95. The molecule has 0 spiro atoms. The molecule has 3 aromatic carbocycles. The number of hydrogen-bond acceptors (Lipinski definition) is 4. The summed E-state index contributed by atoms with van der Waals surface area (Å²) in [5.41, 5.74) is 2.07. The average Bonchev–Trinajstić information content (AvgIpc) is 2.82. The van der Waals surface area contributed by atoms with Crippen LogP contribution in [0.4, 0.5) is 5.69 Å². The number of benzene rings is 3. The van der Waals surface area contributed by atoms with Crippen molar-refractivity contribution < 1.29 is 17.9 Å². The van der Waals surface area contributed by atoms with Crippen LogP contribution in [0, 0.1) is 0 Å². The molecule has 1 amide bonds. The maximum absolute atomic E-state index is 13.6. The number of hydrogen-bond donors (Lipinski definition) is 0. The van der Waals surface area contributed by atoms with Gasteiger partial charge in [0, 0.05) is 5.02 Å². The second-order valence-electron chi connectivity index (χ2n) is 9.42. The fourth-order valence-electron chi connectivity index (χ4n) is 3.72. The van der Waals surface area contributed by atoms with Crippen LogP contribution in [0.3, 0.4) is 0 Å². The van der Waals surface area contributed by atoms with Crippen molar-refractivity contribution in [3.05, 3.63) is 88.9 Å². The molecule has 0 atom stereocenters.